The van der Waals surface area contributed by atoms with Gasteiger partial charge in [-0.15, -0.1) is 0 Å². The van der Waals surface area contributed by atoms with E-state index >= 15 is 0 Å². The second-order valence-electron chi connectivity index (χ2n) is 4.19. The van der Waals surface area contributed by atoms with E-state index in [2.05, 4.69) is 0 Å². The average Bonchev–Trinajstić information content (AvgIpc) is 2.55. The van der Waals surface area contributed by atoms with Gasteiger partial charge in [0.25, 0.3) is 0 Å². The van der Waals surface area contributed by atoms with E-state index < -0.39 is 5.60 Å². The van der Waals surface area contributed by atoms with Gasteiger partial charge in [0.2, 0.25) is 0 Å². The normalized spacial score (nSPS) is 47.2. The van der Waals surface area contributed by atoms with Crippen LogP contribution in [0.25, 0.3) is 0 Å². The molecular formula is C10H12O3. The molecule has 3 nitrogen and oxygen atoms in total. The molecule has 1 aliphatic heterocycles. The molecule has 1 heterocycles. The molecule has 0 amide bonds. The molecule has 0 aromatic rings. The van der Waals surface area contributed by atoms with E-state index in [1.807, 2.05) is 6.08 Å². The van der Waals surface area contributed by atoms with Crippen LogP contribution in [0, 0.1) is 5.92 Å². The number of hydrogen-bond donors (Lipinski definition) is 1. The van der Waals surface area contributed by atoms with Gasteiger partial charge in [0.1, 0.15) is 11.7 Å². The van der Waals surface area contributed by atoms with Gasteiger partial charge < -0.3 is 9.84 Å². The summed E-state index contributed by atoms with van der Waals surface area (Å²) in [5, 5.41) is 10.4. The van der Waals surface area contributed by atoms with Gasteiger partial charge in [0.05, 0.1) is 5.57 Å². The molecule has 13 heavy (non-hydrogen) atoms. The summed E-state index contributed by atoms with van der Waals surface area (Å²) in [6, 6.07) is 0. The van der Waals surface area contributed by atoms with Gasteiger partial charge in [-0.2, -0.15) is 0 Å². The summed E-state index contributed by atoms with van der Waals surface area (Å²) in [7, 11) is 0. The third-order valence-electron chi connectivity index (χ3n) is 3.65. The van der Waals surface area contributed by atoms with E-state index in [0.717, 1.165) is 25.7 Å². The van der Waals surface area contributed by atoms with E-state index in [-0.39, 0.29) is 18.0 Å². The Morgan fingerprint density at radius 3 is 3.15 bits per heavy atom. The van der Waals surface area contributed by atoms with Crippen LogP contribution >= 0.6 is 0 Å². The lowest BCUT2D eigenvalue weighted by atomic mass is 9.77. The highest BCUT2D eigenvalue weighted by Gasteiger charge is 2.61. The van der Waals surface area contributed by atoms with E-state index in [0.29, 0.717) is 5.57 Å². The van der Waals surface area contributed by atoms with Crippen LogP contribution in [-0.4, -0.2) is 22.8 Å². The maximum Gasteiger partial charge on any atom is 0.337 e. The van der Waals surface area contributed by atoms with Crippen LogP contribution in [0.3, 0.4) is 0 Å². The Morgan fingerprint density at radius 1 is 1.46 bits per heavy atom. The van der Waals surface area contributed by atoms with Gasteiger partial charge in [-0.3, -0.25) is 0 Å². The summed E-state index contributed by atoms with van der Waals surface area (Å²) < 4.78 is 5.14. The minimum Gasteiger partial charge on any atom is -0.455 e. The number of ether oxygens (including phenoxy) is 1. The van der Waals surface area contributed by atoms with Crippen LogP contribution in [0.5, 0.6) is 0 Å². The lowest BCUT2D eigenvalue weighted by Gasteiger charge is -2.31. The van der Waals surface area contributed by atoms with Gasteiger partial charge in [-0.05, 0) is 31.6 Å². The Balaban J connectivity index is 2.15. The summed E-state index contributed by atoms with van der Waals surface area (Å²) in [6.45, 7) is 0. The van der Waals surface area contributed by atoms with Crippen molar-refractivity contribution in [3.05, 3.63) is 11.6 Å². The molecule has 3 rings (SSSR count). The molecule has 0 aromatic heterocycles. The molecule has 70 valence electrons. The van der Waals surface area contributed by atoms with Gasteiger partial charge in [0, 0.05) is 0 Å². The van der Waals surface area contributed by atoms with Crippen molar-refractivity contribution in [1.29, 1.82) is 0 Å². The standard InChI is InChI=1S/C10H12O3/c11-9-7-3-1-2-6-4-5-8(13-9)10(6,7)12/h3,6,8,12H,1-2,4-5H2/t6-,8+,10-/m0/s1. The van der Waals surface area contributed by atoms with Crippen molar-refractivity contribution in [2.75, 3.05) is 0 Å². The van der Waals surface area contributed by atoms with Crippen LogP contribution < -0.4 is 0 Å². The Hall–Kier alpha value is -0.830. The van der Waals surface area contributed by atoms with Crippen molar-refractivity contribution in [2.24, 2.45) is 5.92 Å². The molecule has 0 bridgehead atoms. The van der Waals surface area contributed by atoms with Gasteiger partial charge in [0.15, 0.2) is 0 Å². The predicted octanol–water partition coefficient (Wildman–Crippen LogP) is 0.773. The van der Waals surface area contributed by atoms with Gasteiger partial charge in [-0.1, -0.05) is 6.08 Å². The minimum absolute atomic E-state index is 0.253. The molecule has 0 radical (unpaired) electrons. The first kappa shape index (κ1) is 7.56. The number of rotatable bonds is 0. The fraction of sp³-hybridized carbons (Fsp3) is 0.700. The average molecular weight is 180 g/mol. The monoisotopic (exact) mass is 180 g/mol. The highest BCUT2D eigenvalue weighted by atomic mass is 16.6. The maximum absolute atomic E-state index is 11.4. The Morgan fingerprint density at radius 2 is 2.31 bits per heavy atom. The van der Waals surface area contributed by atoms with Crippen LogP contribution in [0.2, 0.25) is 0 Å². The Bertz CT molecular complexity index is 307. The second kappa shape index (κ2) is 2.15. The maximum atomic E-state index is 11.4. The lowest BCUT2D eigenvalue weighted by Crippen LogP contribution is -2.42. The first-order valence-corrected chi connectivity index (χ1v) is 4.87. The highest BCUT2D eigenvalue weighted by Crippen LogP contribution is 2.51. The number of aliphatic hydroxyl groups is 1. The minimum atomic E-state index is -0.921. The zero-order valence-electron chi connectivity index (χ0n) is 7.32. The fourth-order valence-corrected chi connectivity index (χ4v) is 2.99. The van der Waals surface area contributed by atoms with Crippen LogP contribution in [0.15, 0.2) is 11.6 Å². The van der Waals surface area contributed by atoms with Crippen LogP contribution in [0.1, 0.15) is 25.7 Å². The molecule has 3 aliphatic rings. The highest BCUT2D eigenvalue weighted by molar-refractivity contribution is 5.94. The topological polar surface area (TPSA) is 46.5 Å². The van der Waals surface area contributed by atoms with Crippen molar-refractivity contribution in [3.63, 3.8) is 0 Å². The molecule has 2 fully saturated rings. The smallest absolute Gasteiger partial charge is 0.337 e. The van der Waals surface area contributed by atoms with Crippen molar-refractivity contribution >= 4 is 5.97 Å². The third-order valence-corrected chi connectivity index (χ3v) is 3.65. The van der Waals surface area contributed by atoms with E-state index in [1.165, 1.54) is 0 Å². The summed E-state index contributed by atoms with van der Waals surface area (Å²) in [6.07, 6.45) is 5.31. The molecule has 0 aromatic carbocycles. The van der Waals surface area contributed by atoms with Gasteiger partial charge in [-0.25, -0.2) is 4.79 Å². The number of carbonyl (C=O) groups is 1. The van der Waals surface area contributed by atoms with Crippen molar-refractivity contribution < 1.29 is 14.6 Å². The van der Waals surface area contributed by atoms with Crippen molar-refractivity contribution in [1.82, 2.24) is 0 Å². The zero-order valence-corrected chi connectivity index (χ0v) is 7.32. The van der Waals surface area contributed by atoms with Crippen LogP contribution in [0.4, 0.5) is 0 Å². The molecule has 0 unspecified atom stereocenters. The summed E-state index contributed by atoms with van der Waals surface area (Å²) in [4.78, 5) is 11.4. The van der Waals surface area contributed by atoms with E-state index in [9.17, 15) is 9.90 Å². The molecule has 2 aliphatic carbocycles. The van der Waals surface area contributed by atoms with Gasteiger partial charge >= 0.3 is 5.97 Å². The number of hydrogen-bond acceptors (Lipinski definition) is 3. The third kappa shape index (κ3) is 0.718. The fourth-order valence-electron chi connectivity index (χ4n) is 2.99. The molecule has 0 spiro atoms. The molecule has 3 heteroatoms. The van der Waals surface area contributed by atoms with Crippen LogP contribution in [-0.2, 0) is 9.53 Å². The SMILES string of the molecule is O=C1O[C@@H]2CC[C@@H]3CCC=C1[C@@]32O. The van der Waals surface area contributed by atoms with E-state index in [4.69, 9.17) is 4.74 Å². The van der Waals surface area contributed by atoms with Crippen molar-refractivity contribution in [2.45, 2.75) is 37.4 Å². The second-order valence-corrected chi connectivity index (χ2v) is 4.19. The molecule has 1 saturated carbocycles. The Kier molecular flexibility index (Phi) is 1.25. The lowest BCUT2D eigenvalue weighted by molar-refractivity contribution is -0.140. The summed E-state index contributed by atoms with van der Waals surface area (Å²) in [5.74, 6) is -0.0409. The largest absolute Gasteiger partial charge is 0.455 e. The number of allylic oxidation sites excluding steroid dienone is 1. The van der Waals surface area contributed by atoms with E-state index in [1.54, 1.807) is 0 Å². The quantitative estimate of drug-likeness (QED) is 0.560. The Labute approximate surface area is 76.4 Å². The molecular weight excluding hydrogens is 168 g/mol. The first-order chi connectivity index (χ1) is 6.23. The summed E-state index contributed by atoms with van der Waals surface area (Å²) in [5.41, 5.74) is -0.388. The van der Waals surface area contributed by atoms with Crippen molar-refractivity contribution in [3.8, 4) is 0 Å². The summed E-state index contributed by atoms with van der Waals surface area (Å²) >= 11 is 0. The molecule has 1 saturated heterocycles. The number of carbonyl (C=O) groups excluding carboxylic acids is 1. The first-order valence-electron chi connectivity index (χ1n) is 4.87. The number of esters is 1. The molecule has 3 atom stereocenters. The molecule has 1 N–H and O–H groups in total. The zero-order chi connectivity index (χ0) is 9.05. The predicted molar refractivity (Wildman–Crippen MR) is 44.9 cm³/mol.